The largest absolute Gasteiger partial charge is 0.385 e. The minimum absolute atomic E-state index is 0.0404. The highest BCUT2D eigenvalue weighted by molar-refractivity contribution is 7.89. The molecule has 25 heavy (non-hydrogen) atoms. The van der Waals surface area contributed by atoms with Gasteiger partial charge in [-0.1, -0.05) is 44.2 Å². The van der Waals surface area contributed by atoms with Crippen LogP contribution in [0, 0.1) is 0 Å². The summed E-state index contributed by atoms with van der Waals surface area (Å²) < 4.78 is 28.3. The third kappa shape index (κ3) is 4.82. The maximum atomic E-state index is 12.7. The van der Waals surface area contributed by atoms with Gasteiger partial charge in [0.25, 0.3) is 0 Å². The molecule has 3 rings (SSSR count). The summed E-state index contributed by atoms with van der Waals surface area (Å²) in [5, 5.41) is 14.0. The second kappa shape index (κ2) is 8.16. The van der Waals surface area contributed by atoms with Crippen LogP contribution in [0.4, 0.5) is 0 Å². The molecular formula is C19H30N2O3S. The van der Waals surface area contributed by atoms with E-state index in [0.717, 1.165) is 44.3 Å². The summed E-state index contributed by atoms with van der Waals surface area (Å²) >= 11 is 0. The molecule has 2 aliphatic rings. The van der Waals surface area contributed by atoms with E-state index < -0.39 is 15.6 Å². The zero-order valence-corrected chi connectivity index (χ0v) is 15.7. The van der Waals surface area contributed by atoms with Gasteiger partial charge in [0.15, 0.2) is 0 Å². The molecule has 1 aromatic rings. The summed E-state index contributed by atoms with van der Waals surface area (Å²) in [6.45, 7) is 1.56. The topological polar surface area (TPSA) is 78.4 Å². The van der Waals surface area contributed by atoms with Gasteiger partial charge in [-0.25, -0.2) is 13.1 Å². The average molecular weight is 367 g/mol. The molecule has 0 bridgehead atoms. The van der Waals surface area contributed by atoms with Gasteiger partial charge in [0, 0.05) is 6.04 Å². The maximum absolute atomic E-state index is 12.7. The SMILES string of the molecule is O=S(=O)(NC1CCCCCCC1)c1ccc(C2(O)CCNCC2)cc1. The van der Waals surface area contributed by atoms with E-state index in [2.05, 4.69) is 10.0 Å². The third-order valence-corrected chi connectivity index (χ3v) is 7.10. The summed E-state index contributed by atoms with van der Waals surface area (Å²) in [5.74, 6) is 0. The van der Waals surface area contributed by atoms with Gasteiger partial charge in [-0.2, -0.15) is 0 Å². The molecule has 0 aromatic heterocycles. The molecule has 5 nitrogen and oxygen atoms in total. The molecule has 1 saturated heterocycles. The van der Waals surface area contributed by atoms with Crippen molar-refractivity contribution in [2.75, 3.05) is 13.1 Å². The lowest BCUT2D eigenvalue weighted by molar-refractivity contribution is 0.00589. The minimum Gasteiger partial charge on any atom is -0.385 e. The van der Waals surface area contributed by atoms with Crippen LogP contribution in [0.3, 0.4) is 0 Å². The van der Waals surface area contributed by atoms with E-state index in [9.17, 15) is 13.5 Å². The van der Waals surface area contributed by atoms with E-state index in [0.29, 0.717) is 12.8 Å². The van der Waals surface area contributed by atoms with Gasteiger partial charge in [0.05, 0.1) is 10.5 Å². The van der Waals surface area contributed by atoms with Crippen molar-refractivity contribution in [1.29, 1.82) is 0 Å². The highest BCUT2D eigenvalue weighted by atomic mass is 32.2. The van der Waals surface area contributed by atoms with Gasteiger partial charge in [0.1, 0.15) is 0 Å². The van der Waals surface area contributed by atoms with Gasteiger partial charge in [-0.15, -0.1) is 0 Å². The lowest BCUT2D eigenvalue weighted by atomic mass is 9.85. The van der Waals surface area contributed by atoms with Gasteiger partial charge in [0.2, 0.25) is 10.0 Å². The highest BCUT2D eigenvalue weighted by Gasteiger charge is 2.31. The maximum Gasteiger partial charge on any atom is 0.240 e. The van der Waals surface area contributed by atoms with E-state index >= 15 is 0 Å². The van der Waals surface area contributed by atoms with Crippen molar-refractivity contribution >= 4 is 10.0 Å². The van der Waals surface area contributed by atoms with E-state index in [-0.39, 0.29) is 10.9 Å². The molecule has 6 heteroatoms. The van der Waals surface area contributed by atoms with Crippen LogP contribution in [-0.4, -0.2) is 32.7 Å². The van der Waals surface area contributed by atoms with Gasteiger partial charge >= 0.3 is 0 Å². The smallest absolute Gasteiger partial charge is 0.240 e. The number of nitrogens with one attached hydrogen (secondary N) is 2. The average Bonchev–Trinajstić information content (AvgIpc) is 2.58. The van der Waals surface area contributed by atoms with Crippen molar-refractivity contribution in [1.82, 2.24) is 10.0 Å². The number of sulfonamides is 1. The summed E-state index contributed by atoms with van der Waals surface area (Å²) in [5.41, 5.74) is -0.0422. The Morgan fingerprint density at radius 1 is 0.960 bits per heavy atom. The fraction of sp³-hybridized carbons (Fsp3) is 0.684. The van der Waals surface area contributed by atoms with Crippen LogP contribution in [0.15, 0.2) is 29.2 Å². The number of hydrogen-bond acceptors (Lipinski definition) is 4. The molecule has 1 aliphatic heterocycles. The zero-order chi connectivity index (χ0) is 17.8. The lowest BCUT2D eigenvalue weighted by Crippen LogP contribution is -2.39. The molecule has 0 radical (unpaired) electrons. The molecule has 0 spiro atoms. The minimum atomic E-state index is -3.50. The van der Waals surface area contributed by atoms with Crippen LogP contribution in [0.25, 0.3) is 0 Å². The molecule has 2 fully saturated rings. The first-order valence-electron chi connectivity index (χ1n) is 9.56. The fourth-order valence-corrected chi connectivity index (χ4v) is 5.24. The fourth-order valence-electron chi connectivity index (χ4n) is 3.93. The zero-order valence-electron chi connectivity index (χ0n) is 14.8. The monoisotopic (exact) mass is 366 g/mol. The van der Waals surface area contributed by atoms with E-state index in [1.165, 1.54) is 19.3 Å². The second-order valence-electron chi connectivity index (χ2n) is 7.47. The second-order valence-corrected chi connectivity index (χ2v) is 9.18. The Balaban J connectivity index is 1.69. The Kier molecular flexibility index (Phi) is 6.15. The lowest BCUT2D eigenvalue weighted by Gasteiger charge is -2.33. The number of piperidine rings is 1. The first-order valence-corrected chi connectivity index (χ1v) is 11.0. The number of hydrogen-bond donors (Lipinski definition) is 3. The van der Waals surface area contributed by atoms with Crippen molar-refractivity contribution in [3.8, 4) is 0 Å². The first-order chi connectivity index (χ1) is 12.0. The van der Waals surface area contributed by atoms with Crippen molar-refractivity contribution in [3.63, 3.8) is 0 Å². The van der Waals surface area contributed by atoms with E-state index in [1.54, 1.807) is 24.3 Å². The molecule has 3 N–H and O–H groups in total. The summed E-state index contributed by atoms with van der Waals surface area (Å²) in [6, 6.07) is 6.82. The molecule has 1 aliphatic carbocycles. The van der Waals surface area contributed by atoms with Crippen molar-refractivity contribution in [2.45, 2.75) is 74.3 Å². The van der Waals surface area contributed by atoms with E-state index in [1.807, 2.05) is 0 Å². The molecule has 1 saturated carbocycles. The van der Waals surface area contributed by atoms with Gasteiger partial charge < -0.3 is 10.4 Å². The Morgan fingerprint density at radius 3 is 2.12 bits per heavy atom. The molecule has 140 valence electrons. The molecular weight excluding hydrogens is 336 g/mol. The summed E-state index contributed by atoms with van der Waals surface area (Å²) in [4.78, 5) is 0.288. The van der Waals surface area contributed by atoms with Crippen LogP contribution in [0.1, 0.15) is 63.4 Å². The molecule has 1 aromatic carbocycles. The molecule has 0 amide bonds. The molecule has 1 heterocycles. The predicted molar refractivity (Wildman–Crippen MR) is 98.9 cm³/mol. The number of aliphatic hydroxyl groups is 1. The number of rotatable bonds is 4. The third-order valence-electron chi connectivity index (χ3n) is 5.56. The van der Waals surface area contributed by atoms with E-state index in [4.69, 9.17) is 0 Å². The Hall–Kier alpha value is -0.950. The predicted octanol–water partition coefficient (Wildman–Crippen LogP) is 2.65. The van der Waals surface area contributed by atoms with Crippen LogP contribution < -0.4 is 10.0 Å². The summed E-state index contributed by atoms with van der Waals surface area (Å²) in [7, 11) is -3.50. The van der Waals surface area contributed by atoms with Gasteiger partial charge in [-0.05, 0) is 56.5 Å². The Labute approximate surface area is 151 Å². The van der Waals surface area contributed by atoms with Crippen LogP contribution in [-0.2, 0) is 15.6 Å². The van der Waals surface area contributed by atoms with Crippen LogP contribution >= 0.6 is 0 Å². The standard InChI is InChI=1S/C19H30N2O3S/c22-19(12-14-20-15-13-19)16-8-10-18(11-9-16)25(23,24)21-17-6-4-2-1-3-5-7-17/h8-11,17,20-22H,1-7,12-15H2. The molecule has 0 unspecified atom stereocenters. The number of benzene rings is 1. The Bertz CT molecular complexity index is 644. The van der Waals surface area contributed by atoms with Crippen molar-refractivity contribution < 1.29 is 13.5 Å². The van der Waals surface area contributed by atoms with Crippen molar-refractivity contribution in [3.05, 3.63) is 29.8 Å². The van der Waals surface area contributed by atoms with Crippen LogP contribution in [0.5, 0.6) is 0 Å². The van der Waals surface area contributed by atoms with Crippen LogP contribution in [0.2, 0.25) is 0 Å². The van der Waals surface area contributed by atoms with Crippen molar-refractivity contribution in [2.24, 2.45) is 0 Å². The van der Waals surface area contributed by atoms with Gasteiger partial charge in [-0.3, -0.25) is 0 Å². The highest BCUT2D eigenvalue weighted by Crippen LogP contribution is 2.31. The normalized spacial score (nSPS) is 22.9. The Morgan fingerprint density at radius 2 is 1.52 bits per heavy atom. The first kappa shape index (κ1) is 18.8. The quantitative estimate of drug-likeness (QED) is 0.765. The summed E-state index contributed by atoms with van der Waals surface area (Å²) in [6.07, 6.45) is 8.98. The molecule has 0 atom stereocenters.